The third-order valence-electron chi connectivity index (χ3n) is 3.34. The van der Waals surface area contributed by atoms with Crippen LogP contribution in [0.25, 0.3) is 0 Å². The summed E-state index contributed by atoms with van der Waals surface area (Å²) >= 11 is 3.71. The number of hydrogen-bond acceptors (Lipinski definition) is 2. The zero-order chi connectivity index (χ0) is 15.2. The molecule has 0 bridgehead atoms. The van der Waals surface area contributed by atoms with Crippen LogP contribution in [0, 0.1) is 0 Å². The van der Waals surface area contributed by atoms with E-state index in [4.69, 9.17) is 0 Å². The number of anilines is 1. The minimum absolute atomic E-state index is 0.155. The highest BCUT2D eigenvalue weighted by molar-refractivity contribution is 9.10. The summed E-state index contributed by atoms with van der Waals surface area (Å²) in [5, 5.41) is 3.52. The van der Waals surface area contributed by atoms with E-state index in [9.17, 15) is 0 Å². The van der Waals surface area contributed by atoms with Crippen molar-refractivity contribution in [3.63, 3.8) is 0 Å². The summed E-state index contributed by atoms with van der Waals surface area (Å²) in [5.41, 5.74) is 2.75. The van der Waals surface area contributed by atoms with Gasteiger partial charge in [-0.3, -0.25) is 0 Å². The van der Waals surface area contributed by atoms with E-state index in [-0.39, 0.29) is 5.54 Å². The molecule has 0 amide bonds. The largest absolute Gasteiger partial charge is 0.374 e. The molecular weight excluding hydrogens is 312 g/mol. The molecule has 3 heteroatoms. The summed E-state index contributed by atoms with van der Waals surface area (Å²) in [6.07, 6.45) is 3.83. The third-order valence-corrected chi connectivity index (χ3v) is 3.98. The number of hydrogen-bond donors (Lipinski definition) is 1. The maximum absolute atomic E-state index is 3.71. The molecule has 114 valence electrons. The van der Waals surface area contributed by atoms with Gasteiger partial charge in [0, 0.05) is 30.1 Å². The maximum atomic E-state index is 3.71. The lowest BCUT2D eigenvalue weighted by Crippen LogP contribution is -2.35. The highest BCUT2D eigenvalue weighted by atomic mass is 79.9. The first-order chi connectivity index (χ1) is 9.33. The maximum Gasteiger partial charge on any atom is 0.0508 e. The molecule has 0 saturated heterocycles. The van der Waals surface area contributed by atoms with Crippen molar-refractivity contribution in [1.82, 2.24) is 5.32 Å². The molecular formula is C17H29BrN2. The topological polar surface area (TPSA) is 15.3 Å². The SMILES string of the molecule is CCCCCN(C)c1ccc(CNC(C)(C)C)cc1Br. The van der Waals surface area contributed by atoms with E-state index >= 15 is 0 Å². The smallest absolute Gasteiger partial charge is 0.0508 e. The average molecular weight is 341 g/mol. The molecule has 0 heterocycles. The summed E-state index contributed by atoms with van der Waals surface area (Å²) in [4.78, 5) is 2.33. The first-order valence-corrected chi connectivity index (χ1v) is 8.37. The van der Waals surface area contributed by atoms with Gasteiger partial charge in [-0.2, -0.15) is 0 Å². The lowest BCUT2D eigenvalue weighted by atomic mass is 10.1. The number of rotatable bonds is 7. The van der Waals surface area contributed by atoms with Gasteiger partial charge >= 0.3 is 0 Å². The van der Waals surface area contributed by atoms with Crippen molar-refractivity contribution >= 4 is 21.6 Å². The number of halogens is 1. The summed E-state index contributed by atoms with van der Waals surface area (Å²) in [7, 11) is 2.17. The van der Waals surface area contributed by atoms with Crippen molar-refractivity contribution in [3.8, 4) is 0 Å². The summed E-state index contributed by atoms with van der Waals surface area (Å²) in [5.74, 6) is 0. The molecule has 1 aromatic rings. The normalized spacial score (nSPS) is 11.7. The van der Waals surface area contributed by atoms with Crippen LogP contribution in [0.3, 0.4) is 0 Å². The molecule has 0 spiro atoms. The second-order valence-electron chi connectivity index (χ2n) is 6.52. The van der Waals surface area contributed by atoms with Gasteiger partial charge in [-0.25, -0.2) is 0 Å². The molecule has 0 unspecified atom stereocenters. The number of nitrogens with one attached hydrogen (secondary N) is 1. The van der Waals surface area contributed by atoms with Gasteiger partial charge in [-0.15, -0.1) is 0 Å². The highest BCUT2D eigenvalue weighted by Crippen LogP contribution is 2.27. The predicted molar refractivity (Wildman–Crippen MR) is 93.5 cm³/mol. The molecule has 20 heavy (non-hydrogen) atoms. The van der Waals surface area contributed by atoms with Crippen LogP contribution in [0.5, 0.6) is 0 Å². The first-order valence-electron chi connectivity index (χ1n) is 7.58. The molecule has 1 N–H and O–H groups in total. The molecule has 0 fully saturated rings. The standard InChI is InChI=1S/C17H29BrN2/c1-6-7-8-11-20(5)16-10-9-14(12-15(16)18)13-19-17(2,3)4/h9-10,12,19H,6-8,11,13H2,1-5H3. The van der Waals surface area contributed by atoms with Crippen LogP contribution in [0.4, 0.5) is 5.69 Å². The van der Waals surface area contributed by atoms with Crippen molar-refractivity contribution in [2.75, 3.05) is 18.5 Å². The molecule has 0 aliphatic rings. The molecule has 0 aliphatic heterocycles. The van der Waals surface area contributed by atoms with E-state index in [1.165, 1.54) is 35.0 Å². The fourth-order valence-corrected chi connectivity index (χ4v) is 2.79. The Morgan fingerprint density at radius 3 is 2.45 bits per heavy atom. The van der Waals surface area contributed by atoms with E-state index in [0.29, 0.717) is 0 Å². The second kappa shape index (κ2) is 8.04. The van der Waals surface area contributed by atoms with Crippen LogP contribution < -0.4 is 10.2 Å². The average Bonchev–Trinajstić information content (AvgIpc) is 2.35. The predicted octanol–water partition coefficient (Wildman–Crippen LogP) is 4.96. The van der Waals surface area contributed by atoms with E-state index in [1.807, 2.05) is 0 Å². The molecule has 1 rings (SSSR count). The molecule has 1 aromatic carbocycles. The van der Waals surface area contributed by atoms with Crippen LogP contribution in [0.1, 0.15) is 52.5 Å². The quantitative estimate of drug-likeness (QED) is 0.705. The van der Waals surface area contributed by atoms with Gasteiger partial charge in [-0.1, -0.05) is 25.8 Å². The Kier molecular flexibility index (Phi) is 7.04. The molecule has 2 nitrogen and oxygen atoms in total. The monoisotopic (exact) mass is 340 g/mol. The van der Waals surface area contributed by atoms with Crippen molar-refractivity contribution in [3.05, 3.63) is 28.2 Å². The molecule has 0 atom stereocenters. The van der Waals surface area contributed by atoms with E-state index in [2.05, 4.69) is 79.1 Å². The second-order valence-corrected chi connectivity index (χ2v) is 7.37. The molecule has 0 radical (unpaired) electrons. The summed E-state index contributed by atoms with van der Waals surface area (Å²) in [6.45, 7) is 10.8. The zero-order valence-corrected chi connectivity index (χ0v) is 15.2. The Morgan fingerprint density at radius 1 is 1.20 bits per heavy atom. The Hall–Kier alpha value is -0.540. The van der Waals surface area contributed by atoms with Crippen molar-refractivity contribution in [1.29, 1.82) is 0 Å². The van der Waals surface area contributed by atoms with Crippen molar-refractivity contribution in [2.24, 2.45) is 0 Å². The van der Waals surface area contributed by atoms with Gasteiger partial charge < -0.3 is 10.2 Å². The van der Waals surface area contributed by atoms with Crippen molar-refractivity contribution in [2.45, 2.75) is 59.0 Å². The number of benzene rings is 1. The fraction of sp³-hybridized carbons (Fsp3) is 0.647. The highest BCUT2D eigenvalue weighted by Gasteiger charge is 2.10. The Labute approximate surface area is 133 Å². The van der Waals surface area contributed by atoms with Gasteiger partial charge in [-0.05, 0) is 60.8 Å². The Morgan fingerprint density at radius 2 is 1.90 bits per heavy atom. The van der Waals surface area contributed by atoms with E-state index in [1.54, 1.807) is 0 Å². The van der Waals surface area contributed by atoms with E-state index < -0.39 is 0 Å². The lowest BCUT2D eigenvalue weighted by Gasteiger charge is -2.23. The van der Waals surface area contributed by atoms with Gasteiger partial charge in [0.2, 0.25) is 0 Å². The fourth-order valence-electron chi connectivity index (χ4n) is 2.06. The minimum atomic E-state index is 0.155. The summed E-state index contributed by atoms with van der Waals surface area (Å²) in [6, 6.07) is 6.66. The van der Waals surface area contributed by atoms with Crippen LogP contribution in [0.15, 0.2) is 22.7 Å². The van der Waals surface area contributed by atoms with Gasteiger partial charge in [0.05, 0.1) is 5.69 Å². The Balaban J connectivity index is 2.63. The van der Waals surface area contributed by atoms with Crippen LogP contribution in [-0.4, -0.2) is 19.1 Å². The minimum Gasteiger partial charge on any atom is -0.374 e. The van der Waals surface area contributed by atoms with Gasteiger partial charge in [0.15, 0.2) is 0 Å². The first kappa shape index (κ1) is 17.5. The Bertz CT molecular complexity index is 410. The van der Waals surface area contributed by atoms with Gasteiger partial charge in [0.25, 0.3) is 0 Å². The van der Waals surface area contributed by atoms with Gasteiger partial charge in [0.1, 0.15) is 0 Å². The van der Waals surface area contributed by atoms with Crippen LogP contribution in [-0.2, 0) is 6.54 Å². The third kappa shape index (κ3) is 6.27. The van der Waals surface area contributed by atoms with Crippen LogP contribution in [0.2, 0.25) is 0 Å². The number of unbranched alkanes of at least 4 members (excludes halogenated alkanes) is 2. The van der Waals surface area contributed by atoms with E-state index in [0.717, 1.165) is 13.1 Å². The number of nitrogens with zero attached hydrogens (tertiary/aromatic N) is 1. The molecule has 0 aromatic heterocycles. The van der Waals surface area contributed by atoms with Crippen molar-refractivity contribution < 1.29 is 0 Å². The summed E-state index contributed by atoms with van der Waals surface area (Å²) < 4.78 is 1.18. The van der Waals surface area contributed by atoms with Crippen LogP contribution >= 0.6 is 15.9 Å². The lowest BCUT2D eigenvalue weighted by molar-refractivity contribution is 0.424. The molecule has 0 aliphatic carbocycles. The molecule has 0 saturated carbocycles. The zero-order valence-electron chi connectivity index (χ0n) is 13.6.